The number of likely N-dealkylation sites (tertiary alicyclic amines) is 1. The second kappa shape index (κ2) is 14.9. The van der Waals surface area contributed by atoms with Gasteiger partial charge in [-0.15, -0.1) is 0 Å². The molecule has 0 unspecified atom stereocenters. The second-order valence-corrected chi connectivity index (χ2v) is 15.1. The molecule has 1 saturated carbocycles. The minimum Gasteiger partial charge on any atom is -0.382 e. The van der Waals surface area contributed by atoms with Crippen LogP contribution in [0.5, 0.6) is 0 Å². The van der Waals surface area contributed by atoms with Crippen molar-refractivity contribution in [3.8, 4) is 11.9 Å². The summed E-state index contributed by atoms with van der Waals surface area (Å²) in [6, 6.07) is 11.8. The van der Waals surface area contributed by atoms with Crippen LogP contribution in [0.3, 0.4) is 0 Å². The molecule has 2 aliphatic heterocycles. The third-order valence-corrected chi connectivity index (χ3v) is 11.1. The first-order valence-electron chi connectivity index (χ1n) is 19.0. The van der Waals surface area contributed by atoms with Crippen molar-refractivity contribution in [3.63, 3.8) is 0 Å². The van der Waals surface area contributed by atoms with E-state index in [9.17, 15) is 19.6 Å². The molecule has 3 aliphatic rings. The fraction of sp³-hybridized carbons (Fsp3) is 0.425. The highest BCUT2D eigenvalue weighted by atomic mass is 16.2. The van der Waals surface area contributed by atoms with Gasteiger partial charge in [-0.2, -0.15) is 5.26 Å². The number of rotatable bonds is 9. The molecule has 0 atom stereocenters. The maximum absolute atomic E-state index is 13.6. The number of hydrogen-bond donors (Lipinski definition) is 3. The van der Waals surface area contributed by atoms with E-state index in [4.69, 9.17) is 0 Å². The minimum absolute atomic E-state index is 0.115. The van der Waals surface area contributed by atoms with E-state index in [1.54, 1.807) is 29.6 Å². The molecule has 5 aromatic heterocycles. The van der Waals surface area contributed by atoms with Gasteiger partial charge in [0.15, 0.2) is 0 Å². The van der Waals surface area contributed by atoms with Crippen LogP contribution in [0.2, 0.25) is 0 Å². The SMILES string of the molecule is CC(C)Nc1cc(-n2ccc3cc(C#N)cnc32)ncc1C(=O)N[C@H]1CC[C@H](CN2CCC(c3ccn4c(N5CCC(=O)NC5=O)cnc4c3)CC2)CC1. The molecule has 54 heavy (non-hydrogen) atoms. The van der Waals surface area contributed by atoms with Crippen molar-refractivity contribution >= 4 is 46.0 Å². The van der Waals surface area contributed by atoms with Crippen molar-refractivity contribution in [2.75, 3.05) is 36.4 Å². The normalized spacial score (nSPS) is 20.0. The number of hydrogen-bond acceptors (Lipinski definition) is 9. The van der Waals surface area contributed by atoms with Crippen LogP contribution in [0.15, 0.2) is 61.3 Å². The fourth-order valence-corrected chi connectivity index (χ4v) is 8.24. The van der Waals surface area contributed by atoms with Crippen molar-refractivity contribution in [3.05, 3.63) is 78.0 Å². The van der Waals surface area contributed by atoms with Crippen LogP contribution < -0.4 is 20.9 Å². The molecule has 0 radical (unpaired) electrons. The molecule has 14 nitrogen and oxygen atoms in total. The van der Waals surface area contributed by atoms with Crippen molar-refractivity contribution in [1.82, 2.24) is 39.5 Å². The van der Waals surface area contributed by atoms with Gasteiger partial charge in [-0.1, -0.05) is 0 Å². The molecule has 2 saturated heterocycles. The predicted molar refractivity (Wildman–Crippen MR) is 205 cm³/mol. The number of imide groups is 1. The van der Waals surface area contributed by atoms with Crippen molar-refractivity contribution in [2.24, 2.45) is 5.92 Å². The van der Waals surface area contributed by atoms with Gasteiger partial charge >= 0.3 is 6.03 Å². The van der Waals surface area contributed by atoms with Crippen LogP contribution in [-0.4, -0.2) is 84.9 Å². The molecule has 4 amide bonds. The zero-order valence-electron chi connectivity index (χ0n) is 30.7. The Balaban J connectivity index is 0.832. The van der Waals surface area contributed by atoms with Crippen molar-refractivity contribution < 1.29 is 14.4 Å². The summed E-state index contributed by atoms with van der Waals surface area (Å²) in [6.07, 6.45) is 15.3. The molecule has 0 aromatic carbocycles. The monoisotopic (exact) mass is 727 g/mol. The lowest BCUT2D eigenvalue weighted by atomic mass is 9.84. The van der Waals surface area contributed by atoms with E-state index in [1.165, 1.54) is 5.56 Å². The Morgan fingerprint density at radius 1 is 0.963 bits per heavy atom. The summed E-state index contributed by atoms with van der Waals surface area (Å²) in [5.74, 6) is 2.02. The summed E-state index contributed by atoms with van der Waals surface area (Å²) in [5.41, 5.74) is 4.52. The van der Waals surface area contributed by atoms with Gasteiger partial charge in [0.05, 0.1) is 23.0 Å². The molecule has 0 bridgehead atoms. The topological polar surface area (TPSA) is 166 Å². The van der Waals surface area contributed by atoms with Crippen LogP contribution in [0.25, 0.3) is 22.5 Å². The number of carbonyl (C=O) groups excluding carboxylic acids is 3. The second-order valence-electron chi connectivity index (χ2n) is 15.1. The van der Waals surface area contributed by atoms with E-state index in [-0.39, 0.29) is 30.3 Å². The van der Waals surface area contributed by atoms with Crippen LogP contribution in [0.1, 0.15) is 86.2 Å². The van der Waals surface area contributed by atoms with E-state index in [0.29, 0.717) is 46.8 Å². The van der Waals surface area contributed by atoms with E-state index in [2.05, 4.69) is 54.0 Å². The molecular weight excluding hydrogens is 683 g/mol. The Morgan fingerprint density at radius 2 is 1.78 bits per heavy atom. The molecular formula is C40H45N11O3. The zero-order valence-corrected chi connectivity index (χ0v) is 30.7. The van der Waals surface area contributed by atoms with Crippen molar-refractivity contribution in [2.45, 2.75) is 76.8 Å². The van der Waals surface area contributed by atoms with Gasteiger partial charge in [0.25, 0.3) is 5.91 Å². The lowest BCUT2D eigenvalue weighted by molar-refractivity contribution is -0.120. The van der Waals surface area contributed by atoms with Crippen LogP contribution >= 0.6 is 0 Å². The summed E-state index contributed by atoms with van der Waals surface area (Å²) in [5, 5.41) is 19.2. The Bertz CT molecular complexity index is 2250. The number of nitriles is 1. The van der Waals surface area contributed by atoms with Gasteiger partial charge in [-0.25, -0.2) is 19.7 Å². The number of nitrogens with one attached hydrogen (secondary N) is 3. The van der Waals surface area contributed by atoms with Crippen LogP contribution in [0.4, 0.5) is 16.3 Å². The number of amides is 4. The van der Waals surface area contributed by atoms with Gasteiger partial charge in [0.2, 0.25) is 5.91 Å². The number of anilines is 2. The first-order chi connectivity index (χ1) is 26.2. The average Bonchev–Trinajstić information content (AvgIpc) is 3.79. The third kappa shape index (κ3) is 7.23. The Morgan fingerprint density at radius 3 is 2.54 bits per heavy atom. The Labute approximate surface area is 313 Å². The molecule has 7 heterocycles. The Hall–Kier alpha value is -5.81. The predicted octanol–water partition coefficient (Wildman–Crippen LogP) is 5.37. The quantitative estimate of drug-likeness (QED) is 0.181. The highest BCUT2D eigenvalue weighted by Gasteiger charge is 2.29. The van der Waals surface area contributed by atoms with Crippen LogP contribution in [0, 0.1) is 17.2 Å². The number of aromatic nitrogens is 5. The lowest BCUT2D eigenvalue weighted by Crippen LogP contribution is -2.50. The van der Waals surface area contributed by atoms with E-state index >= 15 is 0 Å². The fourth-order valence-electron chi connectivity index (χ4n) is 8.24. The molecule has 3 N–H and O–H groups in total. The summed E-state index contributed by atoms with van der Waals surface area (Å²) in [7, 11) is 0. The zero-order chi connectivity index (χ0) is 37.3. The van der Waals surface area contributed by atoms with E-state index in [0.717, 1.165) is 74.9 Å². The molecule has 5 aromatic rings. The molecule has 8 rings (SSSR count). The molecule has 14 heteroatoms. The number of piperidine rings is 1. The summed E-state index contributed by atoms with van der Waals surface area (Å²) >= 11 is 0. The van der Waals surface area contributed by atoms with Gasteiger partial charge in [-0.3, -0.25) is 28.8 Å². The van der Waals surface area contributed by atoms with Crippen LogP contribution in [-0.2, 0) is 4.79 Å². The minimum atomic E-state index is -0.408. The lowest BCUT2D eigenvalue weighted by Gasteiger charge is -2.37. The first-order valence-corrected chi connectivity index (χ1v) is 19.0. The maximum Gasteiger partial charge on any atom is 0.329 e. The summed E-state index contributed by atoms with van der Waals surface area (Å²) < 4.78 is 3.79. The third-order valence-electron chi connectivity index (χ3n) is 11.1. The molecule has 278 valence electrons. The van der Waals surface area contributed by atoms with Crippen molar-refractivity contribution in [1.29, 1.82) is 5.26 Å². The number of fused-ring (bicyclic) bond motifs is 2. The number of pyridine rings is 3. The first kappa shape index (κ1) is 35.2. The standard InChI is InChI=1S/C40H45N11O3/c1-25(2)45-33-19-35(50-15-10-30-17-27(20-41)21-44-38(30)50)42-22-32(33)39(53)46-31-5-3-26(4-6-31)24-48-12-7-28(8-13-48)29-9-14-49-34(18-29)43-23-37(49)51-16-11-36(52)47-40(51)54/h9-10,14-15,17-19,21-23,25-26,28,31H,3-8,11-13,16,24H2,1-2H3,(H,42,45)(H,46,53)(H,47,52,54)/t26-,31-. The summed E-state index contributed by atoms with van der Waals surface area (Å²) in [4.78, 5) is 55.5. The molecule has 0 spiro atoms. The van der Waals surface area contributed by atoms with Gasteiger partial charge in [-0.05, 0) is 107 Å². The van der Waals surface area contributed by atoms with E-state index < -0.39 is 6.03 Å². The number of imidazole rings is 1. The smallest absolute Gasteiger partial charge is 0.329 e. The van der Waals surface area contributed by atoms with Gasteiger partial charge < -0.3 is 15.5 Å². The Kier molecular flexibility index (Phi) is 9.72. The molecule has 1 aliphatic carbocycles. The average molecular weight is 728 g/mol. The summed E-state index contributed by atoms with van der Waals surface area (Å²) in [6.45, 7) is 7.63. The number of carbonyl (C=O) groups is 3. The highest BCUT2D eigenvalue weighted by molar-refractivity contribution is 6.05. The van der Waals surface area contributed by atoms with Gasteiger partial charge in [0, 0.05) is 67.8 Å². The maximum atomic E-state index is 13.6. The number of nitrogens with zero attached hydrogens (tertiary/aromatic N) is 8. The van der Waals surface area contributed by atoms with E-state index in [1.807, 2.05) is 47.3 Å². The van der Waals surface area contributed by atoms with Gasteiger partial charge in [0.1, 0.15) is 29.0 Å². The largest absolute Gasteiger partial charge is 0.382 e. The highest BCUT2D eigenvalue weighted by Crippen LogP contribution is 2.33. The molecule has 3 fully saturated rings. The number of urea groups is 1.